The lowest BCUT2D eigenvalue weighted by atomic mass is 10.1. The molecule has 1 aromatic carbocycles. The van der Waals surface area contributed by atoms with E-state index in [1.807, 2.05) is 0 Å². The van der Waals surface area contributed by atoms with E-state index in [2.05, 4.69) is 18.2 Å². The lowest BCUT2D eigenvalue weighted by molar-refractivity contribution is -0.387. The van der Waals surface area contributed by atoms with Gasteiger partial charge in [0.05, 0.1) is 4.92 Å². The van der Waals surface area contributed by atoms with Crippen LogP contribution in [0, 0.1) is 10.1 Å². The third-order valence-corrected chi connectivity index (χ3v) is 4.60. The number of sulfonamides is 1. The third-order valence-electron chi connectivity index (χ3n) is 3.06. The standard InChI is InChI=1S/C14H20N2O4S/c1-3-5-6-9-12(4-2)15-21(19,20)14-11-8-7-10-13(14)16(17)18/h4,7-8,10-12,15H,2-3,5-6,9H2,1H3. The number of nitro groups is 1. The molecular formula is C14H20N2O4S. The summed E-state index contributed by atoms with van der Waals surface area (Å²) in [6, 6.07) is 4.87. The summed E-state index contributed by atoms with van der Waals surface area (Å²) in [5.74, 6) is 0. The van der Waals surface area contributed by atoms with Crippen molar-refractivity contribution in [2.45, 2.75) is 43.5 Å². The van der Waals surface area contributed by atoms with Gasteiger partial charge in [-0.05, 0) is 12.5 Å². The van der Waals surface area contributed by atoms with Gasteiger partial charge < -0.3 is 0 Å². The van der Waals surface area contributed by atoms with E-state index in [0.717, 1.165) is 19.3 Å². The van der Waals surface area contributed by atoms with Gasteiger partial charge in [-0.25, -0.2) is 13.1 Å². The summed E-state index contributed by atoms with van der Waals surface area (Å²) in [6.45, 7) is 5.67. The maximum Gasteiger partial charge on any atom is 0.289 e. The molecule has 0 spiro atoms. The van der Waals surface area contributed by atoms with Crippen LogP contribution in [0.1, 0.15) is 32.6 Å². The van der Waals surface area contributed by atoms with Crippen LogP contribution in [0.3, 0.4) is 0 Å². The van der Waals surface area contributed by atoms with Gasteiger partial charge in [0, 0.05) is 12.1 Å². The minimum atomic E-state index is -3.95. The van der Waals surface area contributed by atoms with E-state index in [1.165, 1.54) is 30.3 Å². The van der Waals surface area contributed by atoms with Gasteiger partial charge in [0.1, 0.15) is 0 Å². The van der Waals surface area contributed by atoms with Crippen LogP contribution < -0.4 is 4.72 Å². The molecule has 0 aliphatic rings. The monoisotopic (exact) mass is 312 g/mol. The summed E-state index contributed by atoms with van der Waals surface area (Å²) in [7, 11) is -3.95. The molecule has 1 unspecified atom stereocenters. The van der Waals surface area contributed by atoms with Crippen molar-refractivity contribution in [3.05, 3.63) is 47.0 Å². The normalized spacial score (nSPS) is 12.8. The predicted octanol–water partition coefficient (Wildman–Crippen LogP) is 3.01. The average Bonchev–Trinajstić information content (AvgIpc) is 2.46. The number of nitrogens with one attached hydrogen (secondary N) is 1. The Labute approximate surface area is 125 Å². The van der Waals surface area contributed by atoms with Crippen molar-refractivity contribution in [2.24, 2.45) is 0 Å². The van der Waals surface area contributed by atoms with E-state index in [0.29, 0.717) is 6.42 Å². The van der Waals surface area contributed by atoms with Crippen molar-refractivity contribution in [1.29, 1.82) is 0 Å². The fourth-order valence-electron chi connectivity index (χ4n) is 1.94. The number of para-hydroxylation sites is 1. The molecule has 0 aromatic heterocycles. The Morgan fingerprint density at radius 3 is 2.62 bits per heavy atom. The van der Waals surface area contributed by atoms with Crippen molar-refractivity contribution in [2.75, 3.05) is 0 Å². The highest BCUT2D eigenvalue weighted by molar-refractivity contribution is 7.89. The number of hydrogen-bond acceptors (Lipinski definition) is 4. The number of benzene rings is 1. The molecular weight excluding hydrogens is 292 g/mol. The minimum Gasteiger partial charge on any atom is -0.258 e. The second-order valence-electron chi connectivity index (χ2n) is 4.68. The Morgan fingerprint density at radius 2 is 2.05 bits per heavy atom. The average molecular weight is 312 g/mol. The molecule has 0 fully saturated rings. The highest BCUT2D eigenvalue weighted by Crippen LogP contribution is 2.23. The molecule has 1 atom stereocenters. The molecule has 0 saturated heterocycles. The highest BCUT2D eigenvalue weighted by Gasteiger charge is 2.26. The van der Waals surface area contributed by atoms with Gasteiger partial charge in [0.2, 0.25) is 10.0 Å². The first-order valence-corrected chi connectivity index (χ1v) is 8.29. The van der Waals surface area contributed by atoms with Crippen LogP contribution in [0.2, 0.25) is 0 Å². The van der Waals surface area contributed by atoms with Crippen LogP contribution in [0.4, 0.5) is 5.69 Å². The molecule has 1 N–H and O–H groups in total. The highest BCUT2D eigenvalue weighted by atomic mass is 32.2. The van der Waals surface area contributed by atoms with Crippen LogP contribution in [-0.4, -0.2) is 19.4 Å². The molecule has 6 nitrogen and oxygen atoms in total. The Bertz CT molecular complexity index is 599. The third kappa shape index (κ3) is 4.95. The van der Waals surface area contributed by atoms with Crippen LogP contribution in [0.15, 0.2) is 41.8 Å². The fraction of sp³-hybridized carbons (Fsp3) is 0.429. The molecule has 21 heavy (non-hydrogen) atoms. The Balaban J connectivity index is 2.95. The molecule has 0 aliphatic heterocycles. The second kappa shape index (κ2) is 7.90. The topological polar surface area (TPSA) is 89.3 Å². The molecule has 0 amide bonds. The number of unbranched alkanes of at least 4 members (excludes halogenated alkanes) is 2. The van der Waals surface area contributed by atoms with E-state index >= 15 is 0 Å². The van der Waals surface area contributed by atoms with Crippen LogP contribution in [0.5, 0.6) is 0 Å². The Kier molecular flexibility index (Phi) is 6.51. The lowest BCUT2D eigenvalue weighted by Gasteiger charge is -2.14. The summed E-state index contributed by atoms with van der Waals surface area (Å²) < 4.78 is 27.1. The van der Waals surface area contributed by atoms with Crippen LogP contribution in [0.25, 0.3) is 0 Å². The van der Waals surface area contributed by atoms with Crippen LogP contribution in [-0.2, 0) is 10.0 Å². The van der Waals surface area contributed by atoms with Crippen molar-refractivity contribution in [3.63, 3.8) is 0 Å². The number of hydrogen-bond donors (Lipinski definition) is 1. The molecule has 7 heteroatoms. The van der Waals surface area contributed by atoms with Gasteiger partial charge in [-0.1, -0.05) is 44.4 Å². The fourth-order valence-corrected chi connectivity index (χ4v) is 3.35. The zero-order valence-corrected chi connectivity index (χ0v) is 12.8. The molecule has 0 bridgehead atoms. The predicted molar refractivity (Wildman–Crippen MR) is 81.5 cm³/mol. The first-order chi connectivity index (χ1) is 9.92. The maximum atomic E-state index is 12.3. The number of nitro benzene ring substituents is 1. The summed E-state index contributed by atoms with van der Waals surface area (Å²) in [5, 5.41) is 10.9. The summed E-state index contributed by atoms with van der Waals surface area (Å²) >= 11 is 0. The summed E-state index contributed by atoms with van der Waals surface area (Å²) in [5.41, 5.74) is -0.429. The van der Waals surface area contributed by atoms with Gasteiger partial charge in [-0.15, -0.1) is 6.58 Å². The number of rotatable bonds is 9. The number of nitrogens with zero attached hydrogens (tertiary/aromatic N) is 1. The first kappa shape index (κ1) is 17.3. The summed E-state index contributed by atoms with van der Waals surface area (Å²) in [4.78, 5) is 9.91. The van der Waals surface area contributed by atoms with Crippen molar-refractivity contribution >= 4 is 15.7 Å². The van der Waals surface area contributed by atoms with Gasteiger partial charge >= 0.3 is 0 Å². The van der Waals surface area contributed by atoms with E-state index < -0.39 is 26.7 Å². The van der Waals surface area contributed by atoms with Gasteiger partial charge in [-0.2, -0.15) is 0 Å². The molecule has 0 radical (unpaired) electrons. The minimum absolute atomic E-state index is 0.322. The first-order valence-electron chi connectivity index (χ1n) is 6.80. The SMILES string of the molecule is C=CC(CCCCC)NS(=O)(=O)c1ccccc1[N+](=O)[O-]. The van der Waals surface area contributed by atoms with E-state index in [4.69, 9.17) is 0 Å². The quantitative estimate of drug-likeness (QED) is 0.328. The van der Waals surface area contributed by atoms with Crippen molar-refractivity contribution in [1.82, 2.24) is 4.72 Å². The Hall–Kier alpha value is -1.73. The van der Waals surface area contributed by atoms with Crippen molar-refractivity contribution < 1.29 is 13.3 Å². The van der Waals surface area contributed by atoms with Crippen molar-refractivity contribution in [3.8, 4) is 0 Å². The summed E-state index contributed by atoms with van der Waals surface area (Å²) in [6.07, 6.45) is 5.03. The molecule has 116 valence electrons. The molecule has 0 saturated carbocycles. The second-order valence-corrected chi connectivity index (χ2v) is 6.37. The smallest absolute Gasteiger partial charge is 0.258 e. The van der Waals surface area contributed by atoms with Gasteiger partial charge in [-0.3, -0.25) is 10.1 Å². The van der Waals surface area contributed by atoms with E-state index in [9.17, 15) is 18.5 Å². The van der Waals surface area contributed by atoms with E-state index in [-0.39, 0.29) is 4.90 Å². The molecule has 1 rings (SSSR count). The molecule has 0 heterocycles. The van der Waals surface area contributed by atoms with Gasteiger partial charge in [0.25, 0.3) is 5.69 Å². The largest absolute Gasteiger partial charge is 0.289 e. The maximum absolute atomic E-state index is 12.3. The van der Waals surface area contributed by atoms with Crippen LogP contribution >= 0.6 is 0 Å². The van der Waals surface area contributed by atoms with Gasteiger partial charge in [0.15, 0.2) is 4.90 Å². The Morgan fingerprint density at radius 1 is 1.38 bits per heavy atom. The zero-order chi connectivity index (χ0) is 15.9. The molecule has 1 aromatic rings. The van der Waals surface area contributed by atoms with E-state index in [1.54, 1.807) is 0 Å². The zero-order valence-electron chi connectivity index (χ0n) is 12.0. The lowest BCUT2D eigenvalue weighted by Crippen LogP contribution is -2.33. The molecule has 0 aliphatic carbocycles.